The van der Waals surface area contributed by atoms with Crippen LogP contribution in [-0.2, 0) is 4.74 Å². The third-order valence-corrected chi connectivity index (χ3v) is 3.84. The van der Waals surface area contributed by atoms with E-state index >= 15 is 0 Å². The number of hydrogen-bond donors (Lipinski definition) is 2. The molecule has 0 radical (unpaired) electrons. The molecule has 0 aliphatic heterocycles. The predicted octanol–water partition coefficient (Wildman–Crippen LogP) is 4.18. The second kappa shape index (κ2) is 9.36. The van der Waals surface area contributed by atoms with Crippen molar-refractivity contribution in [3.8, 4) is 0 Å². The minimum atomic E-state index is -0.707. The fraction of sp³-hybridized carbons (Fsp3) is 0.706. The summed E-state index contributed by atoms with van der Waals surface area (Å²) in [6.45, 7) is 13.3. The number of aliphatic hydroxyl groups is 1. The third kappa shape index (κ3) is 8.59. The number of halogens is 1. The van der Waals surface area contributed by atoms with Gasteiger partial charge in [0.1, 0.15) is 5.60 Å². The molecule has 128 valence electrons. The number of alkyl carbamates (subject to hydrolysis) is 1. The molecule has 2 atom stereocenters. The molecule has 0 rings (SSSR count). The molecule has 22 heavy (non-hydrogen) atoms. The monoisotopic (exact) mass is 375 g/mol. The van der Waals surface area contributed by atoms with Gasteiger partial charge in [-0.15, -0.1) is 0 Å². The Bertz CT molecular complexity index is 420. The van der Waals surface area contributed by atoms with Crippen LogP contribution in [0.3, 0.4) is 0 Å². The first-order valence-corrected chi connectivity index (χ1v) is 8.71. The summed E-state index contributed by atoms with van der Waals surface area (Å²) in [5, 5.41) is 13.3. The first-order valence-electron chi connectivity index (χ1n) is 7.59. The number of ether oxygens (including phenoxy) is 1. The van der Waals surface area contributed by atoms with Crippen molar-refractivity contribution in [1.29, 1.82) is 0 Å². The molecule has 0 fully saturated rings. The van der Waals surface area contributed by atoms with Crippen LogP contribution >= 0.6 is 15.9 Å². The Morgan fingerprint density at radius 1 is 1.32 bits per heavy atom. The zero-order valence-corrected chi connectivity index (χ0v) is 16.3. The molecule has 0 spiro atoms. The lowest BCUT2D eigenvalue weighted by molar-refractivity contribution is 0.0465. The standard InChI is InChI=1S/C17H30BrNO3/c1-11(2)14(12(3)10-18)8-9-15(13(4)20)19-16(21)22-17(5,6)7/h8-9,11,13,15,20H,10H2,1-7H3,(H,19,21)/b9-8+,14-12-/t13-,15-/m1/s1. The van der Waals surface area contributed by atoms with E-state index in [1.807, 2.05) is 12.2 Å². The molecule has 0 saturated heterocycles. The lowest BCUT2D eigenvalue weighted by Crippen LogP contribution is -2.43. The first-order chi connectivity index (χ1) is 9.97. The van der Waals surface area contributed by atoms with E-state index in [0.717, 1.165) is 5.33 Å². The van der Waals surface area contributed by atoms with Crippen molar-refractivity contribution in [1.82, 2.24) is 5.32 Å². The summed E-state index contributed by atoms with van der Waals surface area (Å²) in [5.74, 6) is 0.366. The largest absolute Gasteiger partial charge is 0.444 e. The highest BCUT2D eigenvalue weighted by molar-refractivity contribution is 9.09. The number of alkyl halides is 1. The average Bonchev–Trinajstić information content (AvgIpc) is 2.34. The highest BCUT2D eigenvalue weighted by Crippen LogP contribution is 2.18. The molecule has 2 N–H and O–H groups in total. The van der Waals surface area contributed by atoms with E-state index < -0.39 is 23.8 Å². The number of rotatable bonds is 6. The highest BCUT2D eigenvalue weighted by Gasteiger charge is 2.20. The van der Waals surface area contributed by atoms with Crippen LogP contribution in [0, 0.1) is 5.92 Å². The third-order valence-electron chi connectivity index (χ3n) is 3.00. The van der Waals surface area contributed by atoms with Crippen LogP contribution in [0.5, 0.6) is 0 Å². The maximum atomic E-state index is 11.8. The van der Waals surface area contributed by atoms with Crippen LogP contribution in [0.2, 0.25) is 0 Å². The molecule has 4 nitrogen and oxygen atoms in total. The van der Waals surface area contributed by atoms with Gasteiger partial charge in [-0.05, 0) is 46.1 Å². The summed E-state index contributed by atoms with van der Waals surface area (Å²) in [4.78, 5) is 11.8. The van der Waals surface area contributed by atoms with E-state index in [9.17, 15) is 9.90 Å². The Kier molecular flexibility index (Phi) is 9.01. The van der Waals surface area contributed by atoms with E-state index in [0.29, 0.717) is 5.92 Å². The van der Waals surface area contributed by atoms with Gasteiger partial charge in [0.15, 0.2) is 0 Å². The van der Waals surface area contributed by atoms with Crippen molar-refractivity contribution < 1.29 is 14.6 Å². The topological polar surface area (TPSA) is 58.6 Å². The molecule has 0 heterocycles. The van der Waals surface area contributed by atoms with Gasteiger partial charge in [-0.2, -0.15) is 0 Å². The van der Waals surface area contributed by atoms with Crippen LogP contribution in [0.4, 0.5) is 4.79 Å². The van der Waals surface area contributed by atoms with E-state index in [4.69, 9.17) is 4.74 Å². The SMILES string of the molecule is C/C(CBr)=C(\C=C\[C@@H](NC(=O)OC(C)(C)C)[C@@H](C)O)C(C)C. The first kappa shape index (κ1) is 21.2. The maximum absolute atomic E-state index is 11.8. The van der Waals surface area contributed by atoms with Crippen LogP contribution < -0.4 is 5.32 Å². The van der Waals surface area contributed by atoms with E-state index in [1.165, 1.54) is 11.1 Å². The summed E-state index contributed by atoms with van der Waals surface area (Å²) < 4.78 is 5.23. The molecule has 0 unspecified atom stereocenters. The van der Waals surface area contributed by atoms with Crippen molar-refractivity contribution in [3.63, 3.8) is 0 Å². The molecule has 0 aliphatic rings. The van der Waals surface area contributed by atoms with Gasteiger partial charge in [0.05, 0.1) is 12.1 Å². The van der Waals surface area contributed by atoms with Crippen LogP contribution in [0.15, 0.2) is 23.3 Å². The highest BCUT2D eigenvalue weighted by atomic mass is 79.9. The molecule has 0 aromatic rings. The maximum Gasteiger partial charge on any atom is 0.408 e. The Morgan fingerprint density at radius 3 is 2.23 bits per heavy atom. The van der Waals surface area contributed by atoms with Gasteiger partial charge in [0.2, 0.25) is 0 Å². The van der Waals surface area contributed by atoms with Crippen molar-refractivity contribution in [2.75, 3.05) is 5.33 Å². The minimum Gasteiger partial charge on any atom is -0.444 e. The molecule has 0 aromatic carbocycles. The summed E-state index contributed by atoms with van der Waals surface area (Å²) in [7, 11) is 0. The average molecular weight is 376 g/mol. The van der Waals surface area contributed by atoms with Gasteiger partial charge in [0.25, 0.3) is 0 Å². The lowest BCUT2D eigenvalue weighted by atomic mass is 9.97. The number of carbonyl (C=O) groups excluding carboxylic acids is 1. The second-order valence-corrected chi connectivity index (χ2v) is 7.36. The summed E-state index contributed by atoms with van der Waals surface area (Å²) in [5.41, 5.74) is 1.86. The van der Waals surface area contributed by atoms with Crippen molar-refractivity contribution >= 4 is 22.0 Å². The quantitative estimate of drug-likeness (QED) is 0.540. The molecular formula is C17H30BrNO3. The summed E-state index contributed by atoms with van der Waals surface area (Å²) in [6, 6.07) is -0.494. The number of allylic oxidation sites excluding steroid dienone is 3. The van der Waals surface area contributed by atoms with Gasteiger partial charge in [-0.3, -0.25) is 0 Å². The van der Waals surface area contributed by atoms with Crippen molar-refractivity contribution in [2.45, 2.75) is 66.2 Å². The Balaban J connectivity index is 5.06. The molecule has 0 bridgehead atoms. The number of carbonyl (C=O) groups is 1. The zero-order valence-electron chi connectivity index (χ0n) is 14.7. The zero-order chi connectivity index (χ0) is 17.5. The Hall–Kier alpha value is -0.810. The predicted molar refractivity (Wildman–Crippen MR) is 95.3 cm³/mol. The second-order valence-electron chi connectivity index (χ2n) is 6.80. The number of aliphatic hydroxyl groups excluding tert-OH is 1. The van der Waals surface area contributed by atoms with Crippen molar-refractivity contribution in [2.24, 2.45) is 5.92 Å². The molecule has 0 aliphatic carbocycles. The molecule has 0 saturated carbocycles. The van der Waals surface area contributed by atoms with Gasteiger partial charge < -0.3 is 15.2 Å². The van der Waals surface area contributed by atoms with E-state index in [-0.39, 0.29) is 0 Å². The Morgan fingerprint density at radius 2 is 1.86 bits per heavy atom. The normalized spacial score (nSPS) is 16.5. The van der Waals surface area contributed by atoms with Crippen LogP contribution in [0.25, 0.3) is 0 Å². The minimum absolute atomic E-state index is 0.366. The van der Waals surface area contributed by atoms with Gasteiger partial charge in [-0.1, -0.05) is 47.5 Å². The number of nitrogens with one attached hydrogen (secondary N) is 1. The van der Waals surface area contributed by atoms with Gasteiger partial charge >= 0.3 is 6.09 Å². The fourth-order valence-electron chi connectivity index (χ4n) is 1.89. The molecule has 1 amide bonds. The summed E-state index contributed by atoms with van der Waals surface area (Å²) in [6.07, 6.45) is 2.54. The molecule has 0 aromatic heterocycles. The molecular weight excluding hydrogens is 346 g/mol. The summed E-state index contributed by atoms with van der Waals surface area (Å²) >= 11 is 3.46. The van der Waals surface area contributed by atoms with Gasteiger partial charge in [-0.25, -0.2) is 4.79 Å². The Labute approximate surface area is 143 Å². The van der Waals surface area contributed by atoms with E-state index in [2.05, 4.69) is 42.0 Å². The smallest absolute Gasteiger partial charge is 0.408 e. The van der Waals surface area contributed by atoms with Crippen molar-refractivity contribution in [3.05, 3.63) is 23.3 Å². The van der Waals surface area contributed by atoms with Gasteiger partial charge in [0, 0.05) is 5.33 Å². The fourth-order valence-corrected chi connectivity index (χ4v) is 2.21. The van der Waals surface area contributed by atoms with E-state index in [1.54, 1.807) is 27.7 Å². The number of hydrogen-bond acceptors (Lipinski definition) is 3. The lowest BCUT2D eigenvalue weighted by Gasteiger charge is -2.23. The van der Waals surface area contributed by atoms with Crippen LogP contribution in [-0.4, -0.2) is 34.3 Å². The van der Waals surface area contributed by atoms with Crippen LogP contribution in [0.1, 0.15) is 48.5 Å². The number of amides is 1. The molecule has 5 heteroatoms.